The Hall–Kier alpha value is -4.32. The van der Waals surface area contributed by atoms with Crippen molar-refractivity contribution < 1.29 is 29.0 Å². The van der Waals surface area contributed by atoms with E-state index in [1.807, 2.05) is 20.8 Å². The fourth-order valence-corrected chi connectivity index (χ4v) is 5.05. The number of nitrogens with two attached hydrogens (primary N) is 1. The minimum absolute atomic E-state index is 0.0394. The number of nitrogen functional groups attached to an aromatic ring is 1. The number of nitrogens with one attached hydrogen (secondary N) is 3. The maximum Gasteiger partial charge on any atom is 0.317 e. The van der Waals surface area contributed by atoms with Gasteiger partial charge in [-0.3, -0.25) is 14.4 Å². The summed E-state index contributed by atoms with van der Waals surface area (Å²) in [6.45, 7) is 7.81. The molecule has 0 saturated carbocycles. The van der Waals surface area contributed by atoms with Gasteiger partial charge < -0.3 is 41.3 Å². The molecule has 3 rings (SSSR count). The van der Waals surface area contributed by atoms with Gasteiger partial charge >= 0.3 is 6.03 Å². The minimum atomic E-state index is -0.511. The first-order valence-electron chi connectivity index (χ1n) is 15.6. The summed E-state index contributed by atoms with van der Waals surface area (Å²) in [5, 5.41) is 18.5. The average Bonchev–Trinajstić information content (AvgIpc) is 2.99. The second-order valence-electron chi connectivity index (χ2n) is 12.0. The van der Waals surface area contributed by atoms with Crippen LogP contribution >= 0.6 is 0 Å². The van der Waals surface area contributed by atoms with Crippen molar-refractivity contribution in [2.75, 3.05) is 43.1 Å². The third kappa shape index (κ3) is 10.1. The first kappa shape index (κ1) is 35.2. The molecule has 6 N–H and O–H groups in total. The number of benzene rings is 2. The molecule has 2 aromatic carbocycles. The Kier molecular flexibility index (Phi) is 13.0. The van der Waals surface area contributed by atoms with Gasteiger partial charge in [0, 0.05) is 38.4 Å². The van der Waals surface area contributed by atoms with Gasteiger partial charge in [0.1, 0.15) is 6.10 Å². The predicted octanol–water partition coefficient (Wildman–Crippen LogP) is 4.07. The summed E-state index contributed by atoms with van der Waals surface area (Å²) < 4.78 is 6.47. The molecule has 0 spiro atoms. The standard InChI is InChI=1S/C33H48N6O6/c1-21(2)35-33(44)38(5)19-28-22(3)18-39(23(4)20-40)32(43)24-12-11-15-27(31(24)45-28)37-30(42)17-8-6-7-16-29(41)36-26-14-10-9-13-25(26)34/h9-15,21-23,28,40H,6-8,16-20,34H2,1-5H3,(H,35,44)(H,36,41)(H,37,42)/t22-,23+,28+/m0/s1. The normalized spacial score (nSPS) is 17.0. The zero-order chi connectivity index (χ0) is 33.1. The zero-order valence-electron chi connectivity index (χ0n) is 27.0. The van der Waals surface area contributed by atoms with Crippen molar-refractivity contribution in [2.24, 2.45) is 5.92 Å². The monoisotopic (exact) mass is 624 g/mol. The largest absolute Gasteiger partial charge is 0.485 e. The fraction of sp³-hybridized carbons (Fsp3) is 0.515. The van der Waals surface area contributed by atoms with E-state index >= 15 is 0 Å². The van der Waals surface area contributed by atoms with Crippen molar-refractivity contribution in [1.82, 2.24) is 15.1 Å². The second-order valence-corrected chi connectivity index (χ2v) is 12.0. The Morgan fingerprint density at radius 2 is 1.62 bits per heavy atom. The number of aliphatic hydroxyl groups excluding tert-OH is 1. The summed E-state index contributed by atoms with van der Waals surface area (Å²) in [6.07, 6.45) is 1.87. The molecule has 1 aliphatic rings. The van der Waals surface area contributed by atoms with Gasteiger partial charge in [-0.25, -0.2) is 4.79 Å². The van der Waals surface area contributed by atoms with Crippen molar-refractivity contribution in [1.29, 1.82) is 0 Å². The van der Waals surface area contributed by atoms with Gasteiger partial charge in [-0.05, 0) is 57.9 Å². The highest BCUT2D eigenvalue weighted by molar-refractivity contribution is 6.01. The first-order valence-corrected chi connectivity index (χ1v) is 15.6. The van der Waals surface area contributed by atoms with Crippen LogP contribution in [0.4, 0.5) is 21.9 Å². The number of nitrogens with zero attached hydrogens (tertiary/aromatic N) is 2. The van der Waals surface area contributed by atoms with Gasteiger partial charge in [0.2, 0.25) is 11.8 Å². The summed E-state index contributed by atoms with van der Waals surface area (Å²) in [7, 11) is 1.68. The third-order valence-corrected chi connectivity index (χ3v) is 7.72. The van der Waals surface area contributed by atoms with Crippen molar-refractivity contribution in [2.45, 2.75) is 78.0 Å². The SMILES string of the molecule is CC(C)NC(=O)N(C)C[C@H]1Oc2c(NC(=O)CCCCCC(=O)Nc3ccccc3N)cccc2C(=O)N([C@H](C)CO)C[C@@H]1C. The van der Waals surface area contributed by atoms with Crippen LogP contribution in [0.1, 0.15) is 70.2 Å². The molecular weight excluding hydrogens is 576 g/mol. The Labute approximate surface area is 265 Å². The number of anilines is 3. The molecule has 5 amide bonds. The van der Waals surface area contributed by atoms with E-state index in [0.717, 1.165) is 0 Å². The lowest BCUT2D eigenvalue weighted by Crippen LogP contribution is -2.51. The van der Waals surface area contributed by atoms with Crippen LogP contribution in [0.25, 0.3) is 0 Å². The zero-order valence-corrected chi connectivity index (χ0v) is 27.0. The van der Waals surface area contributed by atoms with Gasteiger partial charge in [-0.1, -0.05) is 31.5 Å². The molecule has 0 saturated heterocycles. The summed E-state index contributed by atoms with van der Waals surface area (Å²) in [4.78, 5) is 54.8. The van der Waals surface area contributed by atoms with Crippen LogP contribution in [-0.4, -0.2) is 83.6 Å². The fourth-order valence-electron chi connectivity index (χ4n) is 5.05. The van der Waals surface area contributed by atoms with E-state index in [4.69, 9.17) is 10.5 Å². The Morgan fingerprint density at radius 1 is 1.00 bits per heavy atom. The van der Waals surface area contributed by atoms with Crippen LogP contribution < -0.4 is 26.4 Å². The number of ether oxygens (including phenoxy) is 1. The molecule has 45 heavy (non-hydrogen) atoms. The average molecular weight is 625 g/mol. The molecule has 0 fully saturated rings. The maximum atomic E-state index is 13.7. The molecule has 0 aromatic heterocycles. The van der Waals surface area contributed by atoms with Gasteiger partial charge in [0.25, 0.3) is 5.91 Å². The van der Waals surface area contributed by atoms with Crippen molar-refractivity contribution in [3.63, 3.8) is 0 Å². The maximum absolute atomic E-state index is 13.7. The van der Waals surface area contributed by atoms with Crippen LogP contribution in [0.15, 0.2) is 42.5 Å². The summed E-state index contributed by atoms with van der Waals surface area (Å²) in [6, 6.07) is 11.3. The number of fused-ring (bicyclic) bond motifs is 1. The topological polar surface area (TPSA) is 166 Å². The Morgan fingerprint density at radius 3 is 2.24 bits per heavy atom. The van der Waals surface area contributed by atoms with Crippen LogP contribution in [0.5, 0.6) is 5.75 Å². The van der Waals surface area contributed by atoms with E-state index in [0.29, 0.717) is 49.3 Å². The number of amides is 5. The van der Waals surface area contributed by atoms with Crippen LogP contribution in [-0.2, 0) is 9.59 Å². The number of hydrogen-bond donors (Lipinski definition) is 5. The predicted molar refractivity (Wildman–Crippen MR) is 175 cm³/mol. The van der Waals surface area contributed by atoms with E-state index < -0.39 is 12.1 Å². The van der Waals surface area contributed by atoms with E-state index in [9.17, 15) is 24.3 Å². The number of carbonyl (C=O) groups excluding carboxylic acids is 4. The van der Waals surface area contributed by atoms with E-state index in [2.05, 4.69) is 16.0 Å². The highest BCUT2D eigenvalue weighted by Gasteiger charge is 2.35. The number of aliphatic hydroxyl groups is 1. The number of rotatable bonds is 13. The van der Waals surface area contributed by atoms with Gasteiger partial charge in [-0.2, -0.15) is 0 Å². The van der Waals surface area contributed by atoms with Gasteiger partial charge in [0.05, 0.1) is 41.8 Å². The van der Waals surface area contributed by atoms with Gasteiger partial charge in [0.15, 0.2) is 5.75 Å². The molecule has 0 radical (unpaired) electrons. The molecule has 12 heteroatoms. The quantitative estimate of drug-likeness (QED) is 0.165. The number of unbranched alkanes of at least 4 members (excludes halogenated alkanes) is 2. The number of hydrogen-bond acceptors (Lipinski definition) is 7. The highest BCUT2D eigenvalue weighted by Crippen LogP contribution is 2.35. The Bertz CT molecular complexity index is 1330. The summed E-state index contributed by atoms with van der Waals surface area (Å²) in [5.41, 5.74) is 7.59. The molecule has 246 valence electrons. The number of likely N-dealkylation sites (N-methyl/N-ethyl adjacent to an activating group) is 1. The molecular formula is C33H48N6O6. The molecule has 0 bridgehead atoms. The van der Waals surface area contributed by atoms with E-state index in [1.165, 1.54) is 0 Å². The van der Waals surface area contributed by atoms with Gasteiger partial charge in [-0.15, -0.1) is 0 Å². The lowest BCUT2D eigenvalue weighted by molar-refractivity contribution is -0.116. The molecule has 12 nitrogen and oxygen atoms in total. The number of urea groups is 1. The van der Waals surface area contributed by atoms with Crippen molar-refractivity contribution >= 4 is 40.8 Å². The van der Waals surface area contributed by atoms with Crippen molar-refractivity contribution in [3.05, 3.63) is 48.0 Å². The lowest BCUT2D eigenvalue weighted by atomic mass is 9.99. The van der Waals surface area contributed by atoms with Crippen LogP contribution in [0.3, 0.4) is 0 Å². The number of para-hydroxylation sites is 3. The summed E-state index contributed by atoms with van der Waals surface area (Å²) >= 11 is 0. The minimum Gasteiger partial charge on any atom is -0.485 e. The smallest absolute Gasteiger partial charge is 0.317 e. The molecule has 1 heterocycles. The molecule has 3 atom stereocenters. The van der Waals surface area contributed by atoms with Crippen LogP contribution in [0, 0.1) is 5.92 Å². The molecule has 1 aliphatic heterocycles. The molecule has 0 aliphatic carbocycles. The highest BCUT2D eigenvalue weighted by atomic mass is 16.5. The number of carbonyl (C=O) groups is 4. The van der Waals surface area contributed by atoms with Crippen molar-refractivity contribution in [3.8, 4) is 5.75 Å². The van der Waals surface area contributed by atoms with Crippen LogP contribution in [0.2, 0.25) is 0 Å². The lowest BCUT2D eigenvalue weighted by Gasteiger charge is -2.38. The van der Waals surface area contributed by atoms with E-state index in [1.54, 1.807) is 66.2 Å². The molecule has 0 unspecified atom stereocenters. The summed E-state index contributed by atoms with van der Waals surface area (Å²) in [5.74, 6) is -0.666. The van der Waals surface area contributed by atoms with E-state index in [-0.39, 0.29) is 66.6 Å². The Balaban J connectivity index is 1.68. The molecule has 2 aromatic rings. The first-order chi connectivity index (χ1) is 21.4. The second kappa shape index (κ2) is 16.7. The third-order valence-electron chi connectivity index (χ3n) is 7.72.